The molecule has 154 valence electrons. The molecule has 3 aromatic rings. The summed E-state index contributed by atoms with van der Waals surface area (Å²) in [6.07, 6.45) is 0. The number of hydrogen-bond acceptors (Lipinski definition) is 2. The summed E-state index contributed by atoms with van der Waals surface area (Å²) in [6.45, 7) is 12.6. The molecular weight excluding hydrogens is 375 g/mol. The molecule has 0 heterocycles. The summed E-state index contributed by atoms with van der Waals surface area (Å²) >= 11 is 0. The van der Waals surface area contributed by atoms with Gasteiger partial charge in [-0.3, -0.25) is 0 Å². The van der Waals surface area contributed by atoms with Crippen LogP contribution in [0.25, 0.3) is 0 Å². The van der Waals surface area contributed by atoms with Crippen LogP contribution in [0.15, 0.2) is 91.0 Å². The normalized spacial score (nSPS) is 14.2. The Hall–Kier alpha value is -1.99. The second kappa shape index (κ2) is 7.69. The van der Waals surface area contributed by atoms with Gasteiger partial charge >= 0.3 is 176 Å². The fraction of sp³-hybridized carbons (Fsp3) is 0.308. The summed E-state index contributed by atoms with van der Waals surface area (Å²) in [7, 11) is -3.77. The minimum atomic E-state index is -3.77. The molecule has 2 nitrogen and oxygen atoms in total. The average molecular weight is 409 g/mol. The van der Waals surface area contributed by atoms with Crippen molar-refractivity contribution in [1.29, 1.82) is 0 Å². The summed E-state index contributed by atoms with van der Waals surface area (Å²) in [5, 5.41) is 3.21. The summed E-state index contributed by atoms with van der Waals surface area (Å²) in [6, 6.07) is 31.4. The first-order valence-electron chi connectivity index (χ1n) is 10.2. The fourth-order valence-corrected chi connectivity index (χ4v) is 9.72. The van der Waals surface area contributed by atoms with Crippen LogP contribution < -0.4 is 15.9 Å². The van der Waals surface area contributed by atoms with Gasteiger partial charge in [-0.2, -0.15) is 0 Å². The van der Waals surface area contributed by atoms with E-state index >= 15 is 0 Å². The molecule has 0 atom stereocenters. The molecule has 0 N–H and O–H groups in total. The molecule has 3 heteroatoms. The van der Waals surface area contributed by atoms with Gasteiger partial charge in [0.1, 0.15) is 0 Å². The van der Waals surface area contributed by atoms with Crippen molar-refractivity contribution < 1.29 is 9.05 Å². The van der Waals surface area contributed by atoms with E-state index in [1.54, 1.807) is 0 Å². The van der Waals surface area contributed by atoms with Crippen molar-refractivity contribution in [1.82, 2.24) is 0 Å². The summed E-state index contributed by atoms with van der Waals surface area (Å²) in [5.41, 5.74) is -0.880. The van der Waals surface area contributed by atoms with Gasteiger partial charge in [-0.1, -0.05) is 0 Å². The molecule has 0 saturated carbocycles. The van der Waals surface area contributed by atoms with Crippen LogP contribution in [0.2, 0.25) is 0 Å². The topological polar surface area (TPSA) is 18.5 Å². The van der Waals surface area contributed by atoms with E-state index < -0.39 is 18.3 Å². The first kappa shape index (κ1) is 21.7. The molecule has 0 aliphatic heterocycles. The van der Waals surface area contributed by atoms with Crippen molar-refractivity contribution in [3.8, 4) is 0 Å². The quantitative estimate of drug-likeness (QED) is 0.484. The van der Waals surface area contributed by atoms with Crippen molar-refractivity contribution in [2.24, 2.45) is 0 Å². The van der Waals surface area contributed by atoms with E-state index in [0.717, 1.165) is 15.9 Å². The Morgan fingerprint density at radius 1 is 0.448 bits per heavy atom. The Bertz CT molecular complexity index is 804. The Balaban J connectivity index is 2.58. The summed E-state index contributed by atoms with van der Waals surface area (Å²) in [4.78, 5) is 0. The molecule has 0 aliphatic carbocycles. The predicted molar refractivity (Wildman–Crippen MR) is 127 cm³/mol. The maximum absolute atomic E-state index is 7.26. The second-order valence-corrected chi connectivity index (χ2v) is 13.2. The molecule has 0 unspecified atom stereocenters. The van der Waals surface area contributed by atoms with Crippen LogP contribution >= 0.6 is 7.06 Å². The van der Waals surface area contributed by atoms with Crippen molar-refractivity contribution in [3.63, 3.8) is 0 Å². The summed E-state index contributed by atoms with van der Waals surface area (Å²) < 4.78 is 14.5. The molecule has 0 bridgehead atoms. The monoisotopic (exact) mass is 408 g/mol. The maximum atomic E-state index is 7.26. The van der Waals surface area contributed by atoms with Gasteiger partial charge < -0.3 is 0 Å². The van der Waals surface area contributed by atoms with Gasteiger partial charge in [0, 0.05) is 0 Å². The van der Waals surface area contributed by atoms with E-state index in [4.69, 9.17) is 9.05 Å². The Kier molecular flexibility index (Phi) is 5.75. The van der Waals surface area contributed by atoms with Crippen LogP contribution in [0.4, 0.5) is 0 Å². The van der Waals surface area contributed by atoms with Crippen LogP contribution in [0.1, 0.15) is 41.5 Å². The van der Waals surface area contributed by atoms with Gasteiger partial charge in [0.25, 0.3) is 0 Å². The molecule has 0 aromatic heterocycles. The van der Waals surface area contributed by atoms with Gasteiger partial charge in [0.15, 0.2) is 0 Å². The number of hydrogen-bond donors (Lipinski definition) is 0. The second-order valence-electron chi connectivity index (χ2n) is 9.37. The molecule has 0 radical (unpaired) electrons. The van der Waals surface area contributed by atoms with Gasteiger partial charge in [-0.05, 0) is 0 Å². The third kappa shape index (κ3) is 4.16. The van der Waals surface area contributed by atoms with E-state index in [1.165, 1.54) is 0 Å². The molecule has 0 aliphatic rings. The van der Waals surface area contributed by atoms with Crippen LogP contribution in [0, 0.1) is 0 Å². The number of rotatable bonds is 5. The zero-order chi connectivity index (χ0) is 21.2. The third-order valence-electron chi connectivity index (χ3n) is 4.57. The minimum absolute atomic E-state index is 0.440. The third-order valence-corrected chi connectivity index (χ3v) is 10.1. The zero-order valence-electron chi connectivity index (χ0n) is 18.4. The standard InChI is InChI=1S/C26H33O2P/c1-25(2,3)27-29(28-26(4,5)6,22-16-10-7-11-17-22,23-18-12-8-13-19-23)24-20-14-9-15-21-24/h7-21H,1-6H3. The SMILES string of the molecule is CC(C)(C)OP(OC(C)(C)C)(c1ccccc1)(c1ccccc1)c1ccccc1. The van der Waals surface area contributed by atoms with Crippen molar-refractivity contribution >= 4 is 23.0 Å². The van der Waals surface area contributed by atoms with E-state index in [9.17, 15) is 0 Å². The van der Waals surface area contributed by atoms with E-state index in [-0.39, 0.29) is 0 Å². The first-order valence-corrected chi connectivity index (χ1v) is 12.2. The van der Waals surface area contributed by atoms with Gasteiger partial charge in [0.2, 0.25) is 0 Å². The molecule has 0 saturated heterocycles. The van der Waals surface area contributed by atoms with Crippen LogP contribution in [0.3, 0.4) is 0 Å². The van der Waals surface area contributed by atoms with Gasteiger partial charge in [-0.15, -0.1) is 0 Å². The first-order chi connectivity index (χ1) is 13.6. The van der Waals surface area contributed by atoms with Gasteiger partial charge in [0.05, 0.1) is 0 Å². The Morgan fingerprint density at radius 3 is 0.897 bits per heavy atom. The molecule has 0 amide bonds. The average Bonchev–Trinajstić information content (AvgIpc) is 2.67. The van der Waals surface area contributed by atoms with Crippen molar-refractivity contribution in [2.45, 2.75) is 52.7 Å². The zero-order valence-corrected chi connectivity index (χ0v) is 19.3. The molecule has 3 rings (SSSR count). The van der Waals surface area contributed by atoms with Crippen molar-refractivity contribution in [3.05, 3.63) is 91.0 Å². The summed E-state index contributed by atoms with van der Waals surface area (Å²) in [5.74, 6) is 0. The van der Waals surface area contributed by atoms with Crippen LogP contribution in [-0.2, 0) is 9.05 Å². The molecular formula is C26H33O2P. The van der Waals surface area contributed by atoms with E-state index in [1.807, 2.05) is 18.2 Å². The molecule has 0 spiro atoms. The Morgan fingerprint density at radius 2 is 0.690 bits per heavy atom. The number of benzene rings is 3. The molecule has 29 heavy (non-hydrogen) atoms. The Labute approximate surface area is 176 Å². The van der Waals surface area contributed by atoms with Gasteiger partial charge in [-0.25, -0.2) is 0 Å². The fourth-order valence-electron chi connectivity index (χ4n) is 3.92. The van der Waals surface area contributed by atoms with Crippen molar-refractivity contribution in [2.75, 3.05) is 0 Å². The molecule has 3 aromatic carbocycles. The molecule has 0 fully saturated rings. The van der Waals surface area contributed by atoms with Crippen LogP contribution in [0.5, 0.6) is 0 Å². The van der Waals surface area contributed by atoms with Crippen LogP contribution in [-0.4, -0.2) is 11.2 Å². The van der Waals surface area contributed by atoms with E-state index in [0.29, 0.717) is 0 Å². The van der Waals surface area contributed by atoms with E-state index in [2.05, 4.69) is 114 Å². The predicted octanol–water partition coefficient (Wildman–Crippen LogP) is 5.98.